The Balaban J connectivity index is 2.13. The van der Waals surface area contributed by atoms with Crippen LogP contribution in [0.1, 0.15) is 30.7 Å². The number of halogens is 1. The predicted octanol–water partition coefficient (Wildman–Crippen LogP) is 3.08. The van der Waals surface area contributed by atoms with E-state index in [1.807, 2.05) is 22.9 Å². The molecule has 0 aliphatic heterocycles. The number of fused-ring (bicyclic) bond motifs is 1. The van der Waals surface area contributed by atoms with Gasteiger partial charge in [-0.2, -0.15) is 5.10 Å². The summed E-state index contributed by atoms with van der Waals surface area (Å²) in [7, 11) is 0. The molecule has 3 aromatic rings. The van der Waals surface area contributed by atoms with Crippen LogP contribution in [0.2, 0.25) is 0 Å². The molecule has 6 heteroatoms. The van der Waals surface area contributed by atoms with Crippen molar-refractivity contribution in [3.8, 4) is 0 Å². The molecule has 1 unspecified atom stereocenters. The second-order valence-corrected chi connectivity index (χ2v) is 5.63. The van der Waals surface area contributed by atoms with E-state index in [0.717, 1.165) is 34.2 Å². The highest BCUT2D eigenvalue weighted by atomic mass is 79.9. The highest BCUT2D eigenvalue weighted by molar-refractivity contribution is 9.10. The van der Waals surface area contributed by atoms with Gasteiger partial charge in [-0.05, 0) is 28.4 Å². The Morgan fingerprint density at radius 3 is 2.90 bits per heavy atom. The van der Waals surface area contributed by atoms with E-state index in [1.165, 1.54) is 0 Å². The molecule has 0 spiro atoms. The first-order chi connectivity index (χ1) is 10.2. The number of hydrogen-bond acceptors (Lipinski definition) is 4. The maximum atomic E-state index is 10.8. The summed E-state index contributed by atoms with van der Waals surface area (Å²) in [6, 6.07) is 5.64. The SMILES string of the molecule is CCCn1ncc(Br)c1C(O)c1cccc2nccnc12. The lowest BCUT2D eigenvalue weighted by molar-refractivity contribution is 0.208. The average molecular weight is 347 g/mol. The molecule has 0 fully saturated rings. The molecular weight excluding hydrogens is 332 g/mol. The van der Waals surface area contributed by atoms with E-state index >= 15 is 0 Å². The first-order valence-electron chi connectivity index (χ1n) is 6.81. The van der Waals surface area contributed by atoms with Crippen molar-refractivity contribution < 1.29 is 5.11 Å². The smallest absolute Gasteiger partial charge is 0.124 e. The zero-order chi connectivity index (χ0) is 14.8. The van der Waals surface area contributed by atoms with Crippen LogP contribution in [0.25, 0.3) is 11.0 Å². The summed E-state index contributed by atoms with van der Waals surface area (Å²) in [5.41, 5.74) is 2.96. The van der Waals surface area contributed by atoms with Crippen LogP contribution in [-0.2, 0) is 6.54 Å². The highest BCUT2D eigenvalue weighted by Crippen LogP contribution is 2.31. The standard InChI is InChI=1S/C15H15BrN4O/c1-2-8-20-14(11(16)9-19-20)15(21)10-4-3-5-12-13(10)18-7-6-17-12/h3-7,9,15,21H,2,8H2,1H3. The van der Waals surface area contributed by atoms with E-state index < -0.39 is 6.10 Å². The van der Waals surface area contributed by atoms with Crippen LogP contribution in [0.5, 0.6) is 0 Å². The number of benzene rings is 1. The Hall–Kier alpha value is -1.79. The molecule has 0 aliphatic carbocycles. The third-order valence-electron chi connectivity index (χ3n) is 3.35. The molecular formula is C15H15BrN4O. The first-order valence-corrected chi connectivity index (χ1v) is 7.60. The first kappa shape index (κ1) is 14.2. The van der Waals surface area contributed by atoms with Gasteiger partial charge in [0.25, 0.3) is 0 Å². The molecule has 1 N–H and O–H groups in total. The maximum absolute atomic E-state index is 10.8. The number of para-hydroxylation sites is 1. The molecule has 0 amide bonds. The fraction of sp³-hybridized carbons (Fsp3) is 0.267. The van der Waals surface area contributed by atoms with Gasteiger partial charge in [0.15, 0.2) is 0 Å². The Bertz CT molecular complexity index is 766. The summed E-state index contributed by atoms with van der Waals surface area (Å²) in [5.74, 6) is 0. The van der Waals surface area contributed by atoms with E-state index in [0.29, 0.717) is 5.52 Å². The molecule has 1 atom stereocenters. The third-order valence-corrected chi connectivity index (χ3v) is 3.96. The van der Waals surface area contributed by atoms with Crippen LogP contribution in [0.3, 0.4) is 0 Å². The summed E-state index contributed by atoms with van der Waals surface area (Å²) >= 11 is 3.47. The summed E-state index contributed by atoms with van der Waals surface area (Å²) in [6.07, 6.45) is 5.15. The van der Waals surface area contributed by atoms with Crippen molar-refractivity contribution in [2.24, 2.45) is 0 Å². The van der Waals surface area contributed by atoms with E-state index in [-0.39, 0.29) is 0 Å². The number of aliphatic hydroxyl groups excluding tert-OH is 1. The topological polar surface area (TPSA) is 63.8 Å². The molecule has 5 nitrogen and oxygen atoms in total. The summed E-state index contributed by atoms with van der Waals surface area (Å²) in [5, 5.41) is 15.1. The Labute approximate surface area is 130 Å². The molecule has 2 aromatic heterocycles. The minimum atomic E-state index is -0.797. The van der Waals surface area contributed by atoms with Gasteiger partial charge >= 0.3 is 0 Å². The van der Waals surface area contributed by atoms with Gasteiger partial charge in [-0.1, -0.05) is 19.1 Å². The van der Waals surface area contributed by atoms with Crippen molar-refractivity contribution in [3.05, 3.63) is 52.5 Å². The lowest BCUT2D eigenvalue weighted by Gasteiger charge is -2.15. The minimum absolute atomic E-state index is 0.712. The van der Waals surface area contributed by atoms with Gasteiger partial charge in [0.2, 0.25) is 0 Å². The van der Waals surface area contributed by atoms with Gasteiger partial charge in [-0.3, -0.25) is 14.6 Å². The van der Waals surface area contributed by atoms with Crippen molar-refractivity contribution in [3.63, 3.8) is 0 Å². The second kappa shape index (κ2) is 5.91. The Morgan fingerprint density at radius 2 is 2.10 bits per heavy atom. The van der Waals surface area contributed by atoms with Gasteiger partial charge in [0.1, 0.15) is 6.10 Å². The average Bonchev–Trinajstić information content (AvgIpc) is 2.87. The van der Waals surface area contributed by atoms with E-state index in [9.17, 15) is 5.11 Å². The monoisotopic (exact) mass is 346 g/mol. The van der Waals surface area contributed by atoms with Gasteiger partial charge in [0, 0.05) is 24.5 Å². The minimum Gasteiger partial charge on any atom is -0.382 e. The van der Waals surface area contributed by atoms with Gasteiger partial charge < -0.3 is 5.11 Å². The maximum Gasteiger partial charge on any atom is 0.124 e. The molecule has 0 saturated carbocycles. The molecule has 108 valence electrons. The predicted molar refractivity (Wildman–Crippen MR) is 83.8 cm³/mol. The highest BCUT2D eigenvalue weighted by Gasteiger charge is 2.21. The molecule has 0 radical (unpaired) electrons. The van der Waals surface area contributed by atoms with Crippen LogP contribution in [0.15, 0.2) is 41.3 Å². The quantitative estimate of drug-likeness (QED) is 0.788. The van der Waals surface area contributed by atoms with Gasteiger partial charge in [-0.25, -0.2) is 0 Å². The number of aromatic nitrogens is 4. The van der Waals surface area contributed by atoms with Crippen molar-refractivity contribution in [1.82, 2.24) is 19.7 Å². The normalized spacial score (nSPS) is 12.7. The van der Waals surface area contributed by atoms with Crippen LogP contribution in [0, 0.1) is 0 Å². The fourth-order valence-electron chi connectivity index (χ4n) is 2.42. The summed E-state index contributed by atoms with van der Waals surface area (Å²) < 4.78 is 2.62. The molecule has 1 aromatic carbocycles. The molecule has 0 aliphatic rings. The van der Waals surface area contributed by atoms with Crippen LogP contribution in [-0.4, -0.2) is 24.9 Å². The Morgan fingerprint density at radius 1 is 1.29 bits per heavy atom. The van der Waals surface area contributed by atoms with Gasteiger partial charge in [0.05, 0.1) is 27.4 Å². The van der Waals surface area contributed by atoms with Crippen molar-refractivity contribution in [1.29, 1.82) is 0 Å². The number of nitrogens with zero attached hydrogens (tertiary/aromatic N) is 4. The summed E-state index contributed by atoms with van der Waals surface area (Å²) in [6.45, 7) is 2.84. The van der Waals surface area contributed by atoms with Crippen LogP contribution >= 0.6 is 15.9 Å². The third kappa shape index (κ3) is 2.56. The van der Waals surface area contributed by atoms with Gasteiger partial charge in [-0.15, -0.1) is 0 Å². The number of hydrogen-bond donors (Lipinski definition) is 1. The summed E-state index contributed by atoms with van der Waals surface area (Å²) in [4.78, 5) is 8.63. The van der Waals surface area contributed by atoms with Crippen LogP contribution in [0.4, 0.5) is 0 Å². The molecule has 21 heavy (non-hydrogen) atoms. The van der Waals surface area contributed by atoms with Crippen molar-refractivity contribution in [2.75, 3.05) is 0 Å². The molecule has 0 bridgehead atoms. The molecule has 0 saturated heterocycles. The van der Waals surface area contributed by atoms with Crippen molar-refractivity contribution in [2.45, 2.75) is 26.0 Å². The molecule has 3 rings (SSSR count). The molecule has 2 heterocycles. The Kier molecular flexibility index (Phi) is 3.98. The zero-order valence-electron chi connectivity index (χ0n) is 11.6. The lowest BCUT2D eigenvalue weighted by Crippen LogP contribution is -2.11. The van der Waals surface area contributed by atoms with E-state index in [4.69, 9.17) is 0 Å². The fourth-order valence-corrected chi connectivity index (χ4v) is 2.93. The number of aliphatic hydroxyl groups is 1. The zero-order valence-corrected chi connectivity index (χ0v) is 13.2. The largest absolute Gasteiger partial charge is 0.382 e. The second-order valence-electron chi connectivity index (χ2n) is 4.77. The number of aryl methyl sites for hydroxylation is 1. The van der Waals surface area contributed by atoms with Crippen molar-refractivity contribution >= 4 is 27.0 Å². The van der Waals surface area contributed by atoms with E-state index in [2.05, 4.69) is 37.9 Å². The van der Waals surface area contributed by atoms with Crippen LogP contribution < -0.4 is 0 Å². The van der Waals surface area contributed by atoms with E-state index in [1.54, 1.807) is 18.6 Å². The lowest BCUT2D eigenvalue weighted by atomic mass is 10.0. The number of rotatable bonds is 4.